The first-order valence-corrected chi connectivity index (χ1v) is 5.53. The quantitative estimate of drug-likeness (QED) is 0.768. The molecule has 0 amide bonds. The van der Waals surface area contributed by atoms with Crippen LogP contribution in [0.3, 0.4) is 0 Å². The number of aliphatic carboxylic acids is 1. The van der Waals surface area contributed by atoms with Gasteiger partial charge >= 0.3 is 60.2 Å². The third-order valence-corrected chi connectivity index (χ3v) is 2.26. The fourth-order valence-electron chi connectivity index (χ4n) is 0.359. The second kappa shape index (κ2) is 7.68. The van der Waals surface area contributed by atoms with Gasteiger partial charge in [-0.05, 0) is 0 Å². The van der Waals surface area contributed by atoms with Crippen molar-refractivity contribution in [3.8, 4) is 0 Å². The van der Waals surface area contributed by atoms with Crippen molar-refractivity contribution in [2.75, 3.05) is 0 Å². The van der Waals surface area contributed by atoms with Crippen molar-refractivity contribution < 1.29 is 29.4 Å². The standard InChI is InChI=1S/C5H10NO2Se.Zn/c1-9-3-2-4(6)5(7)8;/h4,6H,2-3H2,1H3,(H,7,8);/q-1;/t4-;/m0./s1. The smallest absolute Gasteiger partial charge is 0 e. The number of hydrogen-bond donors (Lipinski definition) is 1. The molecule has 3 nitrogen and oxygen atoms in total. The molecule has 0 saturated carbocycles. The fraction of sp³-hybridized carbons (Fsp3) is 0.800. The molecule has 10 heavy (non-hydrogen) atoms. The molecule has 0 fully saturated rings. The minimum Gasteiger partial charge on any atom is 0 e. The van der Waals surface area contributed by atoms with Crippen LogP contribution in [-0.4, -0.2) is 32.1 Å². The van der Waals surface area contributed by atoms with Crippen molar-refractivity contribution >= 4 is 20.9 Å². The van der Waals surface area contributed by atoms with Crippen molar-refractivity contribution in [1.82, 2.24) is 0 Å². The van der Waals surface area contributed by atoms with E-state index in [1.807, 2.05) is 5.82 Å². The van der Waals surface area contributed by atoms with E-state index in [0.29, 0.717) is 21.4 Å². The van der Waals surface area contributed by atoms with Crippen LogP contribution in [-0.2, 0) is 24.3 Å². The largest absolute Gasteiger partial charge is 0 e. The Morgan fingerprint density at radius 3 is 2.60 bits per heavy atom. The maximum absolute atomic E-state index is 10.0. The third kappa shape index (κ3) is 6.69. The van der Waals surface area contributed by atoms with Gasteiger partial charge in [0.25, 0.3) is 0 Å². The van der Waals surface area contributed by atoms with Crippen molar-refractivity contribution in [1.29, 1.82) is 0 Å². The third-order valence-electron chi connectivity index (χ3n) is 0.909. The molecular weight excluding hydrogens is 250 g/mol. The Balaban J connectivity index is 0. The predicted octanol–water partition coefficient (Wildman–Crippen LogP) is 1.05. The van der Waals surface area contributed by atoms with E-state index in [-0.39, 0.29) is 19.5 Å². The summed E-state index contributed by atoms with van der Waals surface area (Å²) in [5, 5.41) is 9.12. The van der Waals surface area contributed by atoms with E-state index in [2.05, 4.69) is 0 Å². The number of nitrogens with one attached hydrogen (secondary N) is 1. The summed E-state index contributed by atoms with van der Waals surface area (Å²) in [6.45, 7) is 0. The van der Waals surface area contributed by atoms with Gasteiger partial charge in [-0.3, -0.25) is 0 Å². The Morgan fingerprint density at radius 2 is 2.30 bits per heavy atom. The van der Waals surface area contributed by atoms with E-state index in [9.17, 15) is 4.79 Å². The Morgan fingerprint density at radius 1 is 1.80 bits per heavy atom. The minimum atomic E-state index is -1.00. The number of carbonyl (C=O) groups is 1. The SMILES string of the molecule is C[Se]CC[C@H]([NH-])C(=O)O.[Zn]. The summed E-state index contributed by atoms with van der Waals surface area (Å²) in [6, 6.07) is -0.896. The Kier molecular flexibility index (Phi) is 10.1. The molecule has 0 aromatic rings. The van der Waals surface area contributed by atoms with Crippen LogP contribution in [0.5, 0.6) is 0 Å². The zero-order chi connectivity index (χ0) is 7.28. The van der Waals surface area contributed by atoms with E-state index >= 15 is 0 Å². The zero-order valence-electron chi connectivity index (χ0n) is 5.96. The Labute approximate surface area is 79.7 Å². The molecule has 1 atom stereocenters. The molecule has 0 radical (unpaired) electrons. The summed E-state index contributed by atoms with van der Waals surface area (Å²) in [4.78, 5) is 10.0. The van der Waals surface area contributed by atoms with Gasteiger partial charge in [-0.1, -0.05) is 0 Å². The van der Waals surface area contributed by atoms with Crippen molar-refractivity contribution in [2.45, 2.75) is 23.6 Å². The topological polar surface area (TPSA) is 61.1 Å². The summed E-state index contributed by atoms with van der Waals surface area (Å²) in [6.07, 6.45) is 0.506. The van der Waals surface area contributed by atoms with Crippen LogP contribution < -0.4 is 0 Å². The molecule has 0 aliphatic rings. The van der Waals surface area contributed by atoms with Crippen LogP contribution in [0.1, 0.15) is 6.42 Å². The molecule has 0 aromatic heterocycles. The summed E-state index contributed by atoms with van der Waals surface area (Å²) in [5.74, 6) is 1.04. The van der Waals surface area contributed by atoms with Gasteiger partial charge in [-0.15, -0.1) is 0 Å². The second-order valence-corrected chi connectivity index (χ2v) is 3.74. The molecular formula is C5H10NO2SeZn-. The molecule has 0 rings (SSSR count). The van der Waals surface area contributed by atoms with E-state index in [1.165, 1.54) is 0 Å². The van der Waals surface area contributed by atoms with Crippen molar-refractivity contribution in [3.05, 3.63) is 5.73 Å². The predicted molar refractivity (Wildman–Crippen MR) is 36.8 cm³/mol. The zero-order valence-corrected chi connectivity index (χ0v) is 10.6. The van der Waals surface area contributed by atoms with E-state index < -0.39 is 12.0 Å². The molecule has 0 aromatic carbocycles. The van der Waals surface area contributed by atoms with Gasteiger partial charge in [0.05, 0.1) is 0 Å². The van der Waals surface area contributed by atoms with E-state index in [4.69, 9.17) is 10.8 Å². The fourth-order valence-corrected chi connectivity index (χ4v) is 1.35. The first-order chi connectivity index (χ1) is 4.18. The van der Waals surface area contributed by atoms with Crippen LogP contribution in [0.2, 0.25) is 11.1 Å². The summed E-state index contributed by atoms with van der Waals surface area (Å²) < 4.78 is 0. The number of carboxylic acids is 1. The maximum atomic E-state index is 10.0. The number of rotatable bonds is 4. The van der Waals surface area contributed by atoms with Gasteiger partial charge in [-0.2, -0.15) is 0 Å². The second-order valence-electron chi connectivity index (χ2n) is 1.67. The molecule has 0 spiro atoms. The Hall–Kier alpha value is 0.573. The van der Waals surface area contributed by atoms with Gasteiger partial charge in [0.15, 0.2) is 0 Å². The van der Waals surface area contributed by atoms with Crippen LogP contribution in [0, 0.1) is 0 Å². The average Bonchev–Trinajstić information content (AvgIpc) is 1.82. The van der Waals surface area contributed by atoms with Gasteiger partial charge in [0, 0.05) is 19.5 Å². The van der Waals surface area contributed by atoms with Gasteiger partial charge in [0.2, 0.25) is 0 Å². The normalized spacial score (nSPS) is 11.8. The van der Waals surface area contributed by atoms with Crippen molar-refractivity contribution in [3.63, 3.8) is 0 Å². The molecule has 2 N–H and O–H groups in total. The van der Waals surface area contributed by atoms with Gasteiger partial charge < -0.3 is 0 Å². The van der Waals surface area contributed by atoms with Crippen molar-refractivity contribution in [2.24, 2.45) is 0 Å². The summed E-state index contributed by atoms with van der Waals surface area (Å²) in [7, 11) is 0. The molecule has 0 aliphatic heterocycles. The molecule has 56 valence electrons. The monoisotopic (exact) mass is 260 g/mol. The minimum absolute atomic E-state index is 0. The van der Waals surface area contributed by atoms with Gasteiger partial charge in [0.1, 0.15) is 0 Å². The van der Waals surface area contributed by atoms with E-state index in [1.54, 1.807) is 0 Å². The van der Waals surface area contributed by atoms with Crippen LogP contribution in [0.25, 0.3) is 5.73 Å². The van der Waals surface area contributed by atoms with E-state index in [0.717, 1.165) is 5.32 Å². The number of hydrogen-bond acceptors (Lipinski definition) is 1. The molecule has 5 heteroatoms. The van der Waals surface area contributed by atoms with Gasteiger partial charge in [-0.25, -0.2) is 0 Å². The number of carboxylic acid groups (broad SMARTS) is 1. The maximum Gasteiger partial charge on any atom is 0 e. The first-order valence-electron chi connectivity index (χ1n) is 2.61. The van der Waals surface area contributed by atoms with Crippen LogP contribution in [0.15, 0.2) is 0 Å². The molecule has 0 saturated heterocycles. The molecule has 0 aliphatic carbocycles. The molecule has 0 bridgehead atoms. The van der Waals surface area contributed by atoms with Crippen LogP contribution in [0.4, 0.5) is 0 Å². The molecule has 0 unspecified atom stereocenters. The summed E-state index contributed by atoms with van der Waals surface area (Å²) >= 11 is 0.509. The first kappa shape index (κ1) is 13.2. The average molecular weight is 260 g/mol. The molecule has 0 heterocycles. The Bertz CT molecular complexity index is 102. The summed E-state index contributed by atoms with van der Waals surface area (Å²) in [5.41, 5.74) is 6.94. The van der Waals surface area contributed by atoms with Crippen LogP contribution >= 0.6 is 0 Å².